The van der Waals surface area contributed by atoms with Gasteiger partial charge in [0.05, 0.1) is 6.10 Å². The van der Waals surface area contributed by atoms with Gasteiger partial charge in [0.15, 0.2) is 17.0 Å². The second kappa shape index (κ2) is 3.78. The number of nitrogen functional groups attached to an aromatic ring is 1. The molecule has 5 unspecified atom stereocenters. The monoisotopic (exact) mass is 301 g/mol. The lowest BCUT2D eigenvalue weighted by atomic mass is 9.88. The van der Waals surface area contributed by atoms with Crippen molar-refractivity contribution in [1.29, 1.82) is 0 Å². The van der Waals surface area contributed by atoms with Gasteiger partial charge in [0.1, 0.15) is 24.5 Å². The molecular weight excluding hydrogens is 282 g/mol. The molecule has 0 amide bonds. The molecule has 0 aromatic carbocycles. The van der Waals surface area contributed by atoms with Crippen LogP contribution in [0.1, 0.15) is 44.8 Å². The topological polar surface area (TPSA) is 99.1 Å². The number of aromatic nitrogens is 4. The van der Waals surface area contributed by atoms with Gasteiger partial charge in [-0.2, -0.15) is 0 Å². The highest BCUT2D eigenvalue weighted by Crippen LogP contribution is 2.60. The lowest BCUT2D eigenvalue weighted by Crippen LogP contribution is -2.32. The standard InChI is InChI=1S/C15H19N5O2/c1-15(2)3-6-7(4-15)14-20-12-8(11(16)17-5-18-12)19-13(20)9(21)10(6)22-14/h5-7,9-10,14,21H,3-4H2,1-2H3,(H2,16,17,18). The van der Waals surface area contributed by atoms with Gasteiger partial charge >= 0.3 is 0 Å². The zero-order valence-electron chi connectivity index (χ0n) is 12.6. The largest absolute Gasteiger partial charge is 0.382 e. The van der Waals surface area contributed by atoms with Crippen LogP contribution in [0, 0.1) is 17.3 Å². The summed E-state index contributed by atoms with van der Waals surface area (Å²) in [6.45, 7) is 4.58. The second-order valence-corrected chi connectivity index (χ2v) is 7.61. The molecule has 5 atom stereocenters. The lowest BCUT2D eigenvalue weighted by molar-refractivity contribution is -0.110. The van der Waals surface area contributed by atoms with Crippen molar-refractivity contribution in [1.82, 2.24) is 19.5 Å². The molecule has 2 bridgehead atoms. The van der Waals surface area contributed by atoms with Gasteiger partial charge in [0.2, 0.25) is 0 Å². The van der Waals surface area contributed by atoms with Gasteiger partial charge in [-0.25, -0.2) is 15.0 Å². The number of hydrogen-bond donors (Lipinski definition) is 2. The molecule has 1 aliphatic carbocycles. The van der Waals surface area contributed by atoms with Crippen LogP contribution in [0.15, 0.2) is 6.33 Å². The van der Waals surface area contributed by atoms with Gasteiger partial charge in [-0.1, -0.05) is 13.8 Å². The summed E-state index contributed by atoms with van der Waals surface area (Å²) in [5.74, 6) is 1.74. The molecule has 2 fully saturated rings. The van der Waals surface area contributed by atoms with E-state index in [1.165, 1.54) is 6.33 Å². The number of fused-ring (bicyclic) bond motifs is 9. The number of aliphatic hydroxyl groups excluding tert-OH is 1. The van der Waals surface area contributed by atoms with Crippen molar-refractivity contribution < 1.29 is 9.84 Å². The van der Waals surface area contributed by atoms with E-state index >= 15 is 0 Å². The summed E-state index contributed by atoms with van der Waals surface area (Å²) >= 11 is 0. The van der Waals surface area contributed by atoms with Gasteiger partial charge in [-0.3, -0.25) is 4.57 Å². The van der Waals surface area contributed by atoms with Crippen molar-refractivity contribution in [2.75, 3.05) is 5.73 Å². The first-order valence-corrected chi connectivity index (χ1v) is 7.78. The van der Waals surface area contributed by atoms with Crippen LogP contribution >= 0.6 is 0 Å². The minimum Gasteiger partial charge on any atom is -0.382 e. The van der Waals surface area contributed by atoms with Gasteiger partial charge < -0.3 is 15.6 Å². The summed E-state index contributed by atoms with van der Waals surface area (Å²) in [6, 6.07) is 0. The van der Waals surface area contributed by atoms with Crippen LogP contribution < -0.4 is 5.73 Å². The number of nitrogens with zero attached hydrogens (tertiary/aromatic N) is 4. The Morgan fingerprint density at radius 2 is 2.09 bits per heavy atom. The maximum Gasteiger partial charge on any atom is 0.167 e. The molecule has 5 rings (SSSR count). The highest BCUT2D eigenvalue weighted by molar-refractivity contribution is 5.82. The summed E-state index contributed by atoms with van der Waals surface area (Å²) in [7, 11) is 0. The molecule has 7 nitrogen and oxygen atoms in total. The fraction of sp³-hybridized carbons (Fsp3) is 0.667. The van der Waals surface area contributed by atoms with E-state index in [-0.39, 0.29) is 17.7 Å². The van der Waals surface area contributed by atoms with Crippen LogP contribution in [0.2, 0.25) is 0 Å². The Bertz CT molecular complexity index is 786. The van der Waals surface area contributed by atoms with E-state index in [1.807, 2.05) is 4.57 Å². The Balaban J connectivity index is 1.73. The van der Waals surface area contributed by atoms with E-state index in [1.54, 1.807) is 0 Å². The maximum absolute atomic E-state index is 10.8. The average molecular weight is 301 g/mol. The number of aliphatic hydroxyl groups is 1. The molecular formula is C15H19N5O2. The highest BCUT2D eigenvalue weighted by atomic mass is 16.5. The Hall–Kier alpha value is -1.73. The molecule has 2 aromatic rings. The number of hydrogen-bond acceptors (Lipinski definition) is 6. The Kier molecular flexibility index (Phi) is 2.19. The molecule has 3 N–H and O–H groups in total. The number of ether oxygens (including phenoxy) is 1. The van der Waals surface area contributed by atoms with Crippen LogP contribution in [-0.2, 0) is 4.74 Å². The first-order chi connectivity index (χ1) is 10.5. The van der Waals surface area contributed by atoms with Crippen molar-refractivity contribution in [3.05, 3.63) is 12.2 Å². The van der Waals surface area contributed by atoms with Crippen molar-refractivity contribution in [3.63, 3.8) is 0 Å². The Labute approximate surface area is 127 Å². The Morgan fingerprint density at radius 1 is 1.32 bits per heavy atom. The van der Waals surface area contributed by atoms with Crippen molar-refractivity contribution in [2.24, 2.45) is 17.3 Å². The fourth-order valence-electron chi connectivity index (χ4n) is 4.81. The molecule has 1 saturated carbocycles. The predicted octanol–water partition coefficient (Wildman–Crippen LogP) is 1.41. The van der Waals surface area contributed by atoms with Crippen molar-refractivity contribution in [2.45, 2.75) is 45.1 Å². The fourth-order valence-corrected chi connectivity index (χ4v) is 4.81. The highest BCUT2D eigenvalue weighted by Gasteiger charge is 2.59. The zero-order valence-corrected chi connectivity index (χ0v) is 12.6. The van der Waals surface area contributed by atoms with E-state index in [0.717, 1.165) is 12.8 Å². The summed E-state index contributed by atoms with van der Waals surface area (Å²) in [5.41, 5.74) is 7.42. The summed E-state index contributed by atoms with van der Waals surface area (Å²) < 4.78 is 8.12. The van der Waals surface area contributed by atoms with Crippen LogP contribution in [0.25, 0.3) is 11.2 Å². The number of anilines is 1. The summed E-state index contributed by atoms with van der Waals surface area (Å²) in [5, 5.41) is 10.8. The van der Waals surface area contributed by atoms with Crippen LogP contribution in [0.3, 0.4) is 0 Å². The lowest BCUT2D eigenvalue weighted by Gasteiger charge is -2.31. The van der Waals surface area contributed by atoms with Gasteiger partial charge in [0, 0.05) is 5.92 Å². The SMILES string of the molecule is CC1(C)CC2C(C1)C1OC2C(O)c2nc3c(N)ncnc3n21. The third-order valence-corrected chi connectivity index (χ3v) is 5.57. The quantitative estimate of drug-likeness (QED) is 0.763. The molecule has 4 heterocycles. The molecule has 3 aliphatic rings. The number of imidazole rings is 1. The minimum atomic E-state index is -0.728. The molecule has 1 saturated heterocycles. The first kappa shape index (κ1) is 12.8. The van der Waals surface area contributed by atoms with E-state index in [4.69, 9.17) is 10.5 Å². The van der Waals surface area contributed by atoms with E-state index in [2.05, 4.69) is 28.8 Å². The Morgan fingerprint density at radius 3 is 2.91 bits per heavy atom. The van der Waals surface area contributed by atoms with Crippen LogP contribution in [0.5, 0.6) is 0 Å². The minimum absolute atomic E-state index is 0.102. The third-order valence-electron chi connectivity index (χ3n) is 5.57. The average Bonchev–Trinajstić information content (AvgIpc) is 3.06. The van der Waals surface area contributed by atoms with Gasteiger partial charge in [0.25, 0.3) is 0 Å². The van der Waals surface area contributed by atoms with Gasteiger partial charge in [-0.15, -0.1) is 0 Å². The van der Waals surface area contributed by atoms with E-state index in [9.17, 15) is 5.11 Å². The smallest absolute Gasteiger partial charge is 0.167 e. The summed E-state index contributed by atoms with van der Waals surface area (Å²) in [6.07, 6.45) is 2.61. The zero-order chi connectivity index (χ0) is 15.2. The van der Waals surface area contributed by atoms with Crippen molar-refractivity contribution in [3.8, 4) is 0 Å². The molecule has 7 heteroatoms. The molecule has 0 spiro atoms. The molecule has 22 heavy (non-hydrogen) atoms. The normalized spacial score (nSPS) is 38.2. The van der Waals surface area contributed by atoms with E-state index in [0.29, 0.717) is 34.6 Å². The molecule has 2 aromatic heterocycles. The number of rotatable bonds is 0. The maximum atomic E-state index is 10.8. The first-order valence-electron chi connectivity index (χ1n) is 7.78. The van der Waals surface area contributed by atoms with Crippen LogP contribution in [-0.4, -0.2) is 30.7 Å². The number of nitrogens with two attached hydrogens (primary N) is 1. The van der Waals surface area contributed by atoms with E-state index < -0.39 is 6.10 Å². The molecule has 116 valence electrons. The molecule has 0 radical (unpaired) electrons. The van der Waals surface area contributed by atoms with Gasteiger partial charge in [-0.05, 0) is 24.2 Å². The van der Waals surface area contributed by atoms with Crippen molar-refractivity contribution >= 4 is 17.0 Å². The van der Waals surface area contributed by atoms with Crippen LogP contribution in [0.4, 0.5) is 5.82 Å². The third kappa shape index (κ3) is 1.41. The predicted molar refractivity (Wildman–Crippen MR) is 78.6 cm³/mol. The molecule has 2 aliphatic heterocycles. The second-order valence-electron chi connectivity index (χ2n) is 7.61. The summed E-state index contributed by atoms with van der Waals surface area (Å²) in [4.78, 5) is 12.9.